The largest absolute Gasteiger partial charge is 0.459 e. The van der Waals surface area contributed by atoms with Gasteiger partial charge in [0.2, 0.25) is 5.95 Å². The van der Waals surface area contributed by atoms with Gasteiger partial charge in [-0.05, 0) is 31.0 Å². The summed E-state index contributed by atoms with van der Waals surface area (Å²) in [6.45, 7) is 6.93. The lowest BCUT2D eigenvalue weighted by molar-refractivity contribution is 0.241. The molecule has 0 unspecified atom stereocenters. The Bertz CT molecular complexity index is 1020. The highest BCUT2D eigenvalue weighted by atomic mass is 19.1. The van der Waals surface area contributed by atoms with Gasteiger partial charge in [-0.1, -0.05) is 13.8 Å². The summed E-state index contributed by atoms with van der Waals surface area (Å²) in [6, 6.07) is 3.59. The van der Waals surface area contributed by atoms with Crippen LogP contribution in [0.2, 0.25) is 0 Å². The number of anilines is 2. The number of likely N-dealkylation sites (N-methyl/N-ethyl adjacent to an activating group) is 1. The van der Waals surface area contributed by atoms with Gasteiger partial charge in [-0.2, -0.15) is 0 Å². The van der Waals surface area contributed by atoms with Crippen molar-refractivity contribution < 1.29 is 13.6 Å². The summed E-state index contributed by atoms with van der Waals surface area (Å²) in [5, 5.41) is 6.37. The quantitative estimate of drug-likeness (QED) is 0.545. The number of urea groups is 1. The second kappa shape index (κ2) is 9.08. The molecule has 1 aromatic carbocycles. The van der Waals surface area contributed by atoms with E-state index >= 15 is 0 Å². The lowest BCUT2D eigenvalue weighted by Crippen LogP contribution is -2.35. The molecule has 3 rings (SSSR count). The van der Waals surface area contributed by atoms with Crippen LogP contribution in [0.1, 0.15) is 31.2 Å². The van der Waals surface area contributed by atoms with E-state index in [2.05, 4.69) is 20.6 Å². The number of carbonyl (C=O) groups is 1. The van der Waals surface area contributed by atoms with Crippen LogP contribution in [0.25, 0.3) is 11.0 Å². The molecule has 0 saturated carbocycles. The molecule has 3 aromatic rings. The van der Waals surface area contributed by atoms with Gasteiger partial charge in [-0.25, -0.2) is 19.2 Å². The van der Waals surface area contributed by atoms with Crippen molar-refractivity contribution >= 4 is 28.6 Å². The van der Waals surface area contributed by atoms with E-state index in [9.17, 15) is 9.18 Å². The first kappa shape index (κ1) is 21.5. The van der Waals surface area contributed by atoms with E-state index in [1.165, 1.54) is 24.5 Å². The molecule has 0 fully saturated rings. The van der Waals surface area contributed by atoms with Gasteiger partial charge >= 0.3 is 6.03 Å². The van der Waals surface area contributed by atoms with Crippen molar-refractivity contribution in [1.29, 1.82) is 0 Å². The van der Waals surface area contributed by atoms with Gasteiger partial charge in [0, 0.05) is 31.1 Å². The van der Waals surface area contributed by atoms with Crippen LogP contribution in [0.3, 0.4) is 0 Å². The minimum absolute atomic E-state index is 0.0448. The number of aromatic nitrogens is 2. The minimum Gasteiger partial charge on any atom is -0.459 e. The fourth-order valence-corrected chi connectivity index (χ4v) is 3.23. The Labute approximate surface area is 174 Å². The van der Waals surface area contributed by atoms with Crippen LogP contribution in [0.15, 0.2) is 35.0 Å². The van der Waals surface area contributed by atoms with E-state index in [0.29, 0.717) is 41.5 Å². The van der Waals surface area contributed by atoms with Gasteiger partial charge in [0.05, 0.1) is 24.1 Å². The van der Waals surface area contributed by atoms with Gasteiger partial charge in [-0.3, -0.25) is 0 Å². The van der Waals surface area contributed by atoms with Crippen molar-refractivity contribution in [1.82, 2.24) is 15.3 Å². The average Bonchev–Trinajstić information content (AvgIpc) is 3.02. The Morgan fingerprint density at radius 2 is 2.00 bits per heavy atom. The van der Waals surface area contributed by atoms with Crippen molar-refractivity contribution in [3.63, 3.8) is 0 Å². The number of benzene rings is 1. The van der Waals surface area contributed by atoms with Crippen LogP contribution < -0.4 is 21.3 Å². The molecule has 30 heavy (non-hydrogen) atoms. The molecule has 9 heteroatoms. The Hall–Kier alpha value is -3.20. The van der Waals surface area contributed by atoms with Crippen LogP contribution in [0.5, 0.6) is 0 Å². The van der Waals surface area contributed by atoms with Gasteiger partial charge in [0.15, 0.2) is 0 Å². The number of hydrogen-bond donors (Lipinski definition) is 3. The second-order valence-electron chi connectivity index (χ2n) is 7.53. The third kappa shape index (κ3) is 4.68. The summed E-state index contributed by atoms with van der Waals surface area (Å²) >= 11 is 0. The Morgan fingerprint density at radius 3 is 2.63 bits per heavy atom. The maximum atomic E-state index is 13.6. The molecule has 8 nitrogen and oxygen atoms in total. The molecule has 2 amide bonds. The molecule has 2 aromatic heterocycles. The Balaban J connectivity index is 1.74. The van der Waals surface area contributed by atoms with Gasteiger partial charge in [0.25, 0.3) is 0 Å². The molecule has 0 bridgehead atoms. The number of amides is 2. The van der Waals surface area contributed by atoms with Crippen molar-refractivity contribution in [2.45, 2.75) is 26.8 Å². The minimum atomic E-state index is -0.411. The fraction of sp³-hybridized carbons (Fsp3) is 0.381. The van der Waals surface area contributed by atoms with E-state index in [1.807, 2.05) is 32.7 Å². The maximum absolute atomic E-state index is 13.6. The lowest BCUT2D eigenvalue weighted by atomic mass is 9.98. The molecule has 0 aliphatic heterocycles. The topological polar surface area (TPSA) is 109 Å². The van der Waals surface area contributed by atoms with Crippen molar-refractivity contribution in [2.75, 3.05) is 30.4 Å². The van der Waals surface area contributed by atoms with E-state index in [-0.39, 0.29) is 11.7 Å². The van der Waals surface area contributed by atoms with Crippen LogP contribution in [0.4, 0.5) is 20.8 Å². The number of nitrogens with one attached hydrogen (secondary N) is 2. The number of rotatable bonds is 7. The SMILES string of the molecule is Cc1c([C@H](NC(=O)Nc2cnc(N(C)CCN)nc2)C(C)C)oc2ccc(F)cc12. The Kier molecular flexibility index (Phi) is 6.51. The normalized spacial score (nSPS) is 12.2. The molecule has 0 aliphatic carbocycles. The van der Waals surface area contributed by atoms with E-state index in [0.717, 1.165) is 5.56 Å². The molecular weight excluding hydrogens is 387 g/mol. The summed E-state index contributed by atoms with van der Waals surface area (Å²) in [5.74, 6) is 0.848. The summed E-state index contributed by atoms with van der Waals surface area (Å²) in [7, 11) is 1.84. The summed E-state index contributed by atoms with van der Waals surface area (Å²) in [6.07, 6.45) is 3.07. The molecule has 0 spiro atoms. The molecule has 160 valence electrons. The molecule has 1 atom stereocenters. The maximum Gasteiger partial charge on any atom is 0.319 e. The zero-order valence-electron chi connectivity index (χ0n) is 17.6. The van der Waals surface area contributed by atoms with E-state index in [1.54, 1.807) is 6.07 Å². The molecular formula is C21H27FN6O2. The summed E-state index contributed by atoms with van der Waals surface area (Å²) < 4.78 is 19.6. The van der Waals surface area contributed by atoms with Crippen molar-refractivity contribution in [3.05, 3.63) is 47.7 Å². The number of fused-ring (bicyclic) bond motifs is 1. The molecule has 0 aliphatic rings. The number of nitrogens with zero attached hydrogens (tertiary/aromatic N) is 3. The number of hydrogen-bond acceptors (Lipinski definition) is 6. The van der Waals surface area contributed by atoms with Crippen molar-refractivity contribution in [3.8, 4) is 0 Å². The first-order valence-electron chi connectivity index (χ1n) is 9.79. The highest BCUT2D eigenvalue weighted by Crippen LogP contribution is 2.33. The summed E-state index contributed by atoms with van der Waals surface area (Å²) in [5.41, 5.74) is 7.39. The zero-order valence-corrected chi connectivity index (χ0v) is 17.6. The van der Waals surface area contributed by atoms with E-state index in [4.69, 9.17) is 10.2 Å². The van der Waals surface area contributed by atoms with E-state index < -0.39 is 12.1 Å². The number of furan rings is 1. The molecule has 0 saturated heterocycles. The number of halogens is 1. The third-order valence-electron chi connectivity index (χ3n) is 4.87. The van der Waals surface area contributed by atoms with Crippen molar-refractivity contribution in [2.24, 2.45) is 11.7 Å². The fourth-order valence-electron chi connectivity index (χ4n) is 3.23. The van der Waals surface area contributed by atoms with Crippen LogP contribution >= 0.6 is 0 Å². The molecule has 4 N–H and O–H groups in total. The van der Waals surface area contributed by atoms with Gasteiger partial charge < -0.3 is 25.7 Å². The third-order valence-corrected chi connectivity index (χ3v) is 4.87. The van der Waals surface area contributed by atoms with Crippen LogP contribution in [-0.4, -0.2) is 36.1 Å². The molecule has 0 radical (unpaired) electrons. The average molecular weight is 414 g/mol. The second-order valence-corrected chi connectivity index (χ2v) is 7.53. The van der Waals surface area contributed by atoms with Gasteiger partial charge in [-0.15, -0.1) is 0 Å². The highest BCUT2D eigenvalue weighted by molar-refractivity contribution is 5.89. The smallest absolute Gasteiger partial charge is 0.319 e. The summed E-state index contributed by atoms with van der Waals surface area (Å²) in [4.78, 5) is 22.9. The predicted octanol–water partition coefficient (Wildman–Crippen LogP) is 3.58. The first-order valence-corrected chi connectivity index (χ1v) is 9.79. The predicted molar refractivity (Wildman–Crippen MR) is 115 cm³/mol. The number of nitrogens with two attached hydrogens (primary N) is 1. The van der Waals surface area contributed by atoms with Crippen LogP contribution in [0, 0.1) is 18.7 Å². The number of carbonyl (C=O) groups excluding carboxylic acids is 1. The standard InChI is InChI=1S/C21H27FN6O2/c1-12(2)18(19-13(3)16-9-14(22)5-6-17(16)30-19)27-21(29)26-15-10-24-20(25-11-15)28(4)8-7-23/h5-6,9-12,18H,7-8,23H2,1-4H3,(H2,26,27,29)/t18-/m1/s1. The number of aryl methyl sites for hydroxylation is 1. The Morgan fingerprint density at radius 1 is 1.30 bits per heavy atom. The lowest BCUT2D eigenvalue weighted by Gasteiger charge is -2.21. The molecule has 2 heterocycles. The monoisotopic (exact) mass is 414 g/mol. The van der Waals surface area contributed by atoms with Gasteiger partial charge in [0.1, 0.15) is 17.2 Å². The highest BCUT2D eigenvalue weighted by Gasteiger charge is 2.25. The zero-order chi connectivity index (χ0) is 21.8. The van der Waals surface area contributed by atoms with Crippen LogP contribution in [-0.2, 0) is 0 Å². The first-order chi connectivity index (χ1) is 14.3.